The van der Waals surface area contributed by atoms with E-state index in [9.17, 15) is 4.79 Å². The van der Waals surface area contributed by atoms with Crippen LogP contribution in [0.2, 0.25) is 0 Å². The maximum absolute atomic E-state index is 12.8. The van der Waals surface area contributed by atoms with E-state index in [1.165, 1.54) is 0 Å². The van der Waals surface area contributed by atoms with Gasteiger partial charge in [0, 0.05) is 31.6 Å². The minimum atomic E-state index is -0.445. The summed E-state index contributed by atoms with van der Waals surface area (Å²) in [6.45, 7) is 3.72. The standard InChI is InChI=1S/C20H26N6O2/c27-15-6-1-2-7-20(15)8-3-5-14-16(28-25-17(14)20)18-22-13-23-19(24-18)26-11-4-9-21-10-12-26/h13,21H,1-12H2/t20-/m1/s1. The van der Waals surface area contributed by atoms with Crippen LogP contribution in [0.15, 0.2) is 10.9 Å². The quantitative estimate of drug-likeness (QED) is 0.843. The summed E-state index contributed by atoms with van der Waals surface area (Å²) in [5.74, 6) is 2.14. The van der Waals surface area contributed by atoms with Gasteiger partial charge in [-0.1, -0.05) is 11.6 Å². The summed E-state index contributed by atoms with van der Waals surface area (Å²) >= 11 is 0. The summed E-state index contributed by atoms with van der Waals surface area (Å²) in [5.41, 5.74) is 1.43. The number of carbonyl (C=O) groups excluding carboxylic acids is 1. The largest absolute Gasteiger partial charge is 0.352 e. The van der Waals surface area contributed by atoms with Gasteiger partial charge in [-0.05, 0) is 45.1 Å². The molecular formula is C20H26N6O2. The first kappa shape index (κ1) is 17.7. The number of fused-ring (bicyclic) bond motifs is 2. The molecule has 0 aromatic carbocycles. The van der Waals surface area contributed by atoms with Gasteiger partial charge in [0.1, 0.15) is 17.8 Å². The van der Waals surface area contributed by atoms with Crippen molar-refractivity contribution in [3.8, 4) is 11.6 Å². The van der Waals surface area contributed by atoms with Crippen LogP contribution in [0.5, 0.6) is 0 Å². The Morgan fingerprint density at radius 2 is 1.96 bits per heavy atom. The van der Waals surface area contributed by atoms with Gasteiger partial charge in [0.2, 0.25) is 17.5 Å². The van der Waals surface area contributed by atoms with Gasteiger partial charge in [-0.25, -0.2) is 9.97 Å². The van der Waals surface area contributed by atoms with Gasteiger partial charge >= 0.3 is 0 Å². The molecule has 1 spiro atoms. The van der Waals surface area contributed by atoms with E-state index in [1.54, 1.807) is 6.33 Å². The molecule has 1 saturated heterocycles. The fourth-order valence-corrected chi connectivity index (χ4v) is 4.98. The van der Waals surface area contributed by atoms with Crippen LogP contribution >= 0.6 is 0 Å². The molecule has 2 aliphatic carbocycles. The number of ketones is 1. The average Bonchev–Trinajstić information content (AvgIpc) is 2.98. The molecule has 0 radical (unpaired) electrons. The van der Waals surface area contributed by atoms with Gasteiger partial charge in [-0.3, -0.25) is 4.79 Å². The van der Waals surface area contributed by atoms with Crippen molar-refractivity contribution in [3.05, 3.63) is 17.6 Å². The summed E-state index contributed by atoms with van der Waals surface area (Å²) in [4.78, 5) is 28.5. The van der Waals surface area contributed by atoms with E-state index in [4.69, 9.17) is 9.51 Å². The maximum atomic E-state index is 12.8. The number of aromatic nitrogens is 4. The Labute approximate surface area is 164 Å². The molecule has 28 heavy (non-hydrogen) atoms. The fourth-order valence-electron chi connectivity index (χ4n) is 4.98. The van der Waals surface area contributed by atoms with E-state index in [2.05, 4.69) is 25.3 Å². The minimum Gasteiger partial charge on any atom is -0.352 e. The van der Waals surface area contributed by atoms with Gasteiger partial charge in [0.25, 0.3) is 0 Å². The first-order valence-corrected chi connectivity index (χ1v) is 10.5. The Morgan fingerprint density at radius 3 is 2.89 bits per heavy atom. The lowest BCUT2D eigenvalue weighted by molar-refractivity contribution is -0.127. The lowest BCUT2D eigenvalue weighted by Crippen LogP contribution is -2.41. The zero-order chi connectivity index (χ0) is 19.0. The topological polar surface area (TPSA) is 97.0 Å². The van der Waals surface area contributed by atoms with E-state index in [0.29, 0.717) is 29.7 Å². The number of nitrogens with zero attached hydrogens (tertiary/aromatic N) is 5. The van der Waals surface area contributed by atoms with Crippen LogP contribution in [0.1, 0.15) is 56.2 Å². The molecule has 8 nitrogen and oxygen atoms in total. The van der Waals surface area contributed by atoms with Crippen LogP contribution in [-0.4, -0.2) is 52.1 Å². The zero-order valence-corrected chi connectivity index (χ0v) is 16.1. The fraction of sp³-hybridized carbons (Fsp3) is 0.650. The van der Waals surface area contributed by atoms with Crippen LogP contribution < -0.4 is 10.2 Å². The lowest BCUT2D eigenvalue weighted by Gasteiger charge is -2.37. The SMILES string of the molecule is O=C1CCCC[C@@]12CCCc1c2noc1-c1ncnc(N2CCCNCC2)n1. The number of Topliss-reactive ketones (excluding diaryl/α,β-unsaturated/α-hetero) is 1. The third-order valence-electron chi connectivity index (χ3n) is 6.45. The number of hydrogen-bond acceptors (Lipinski definition) is 8. The van der Waals surface area contributed by atoms with Gasteiger partial charge in [-0.2, -0.15) is 4.98 Å². The highest BCUT2D eigenvalue weighted by Crippen LogP contribution is 2.46. The number of anilines is 1. The number of hydrogen-bond donors (Lipinski definition) is 1. The van der Waals surface area contributed by atoms with Crippen molar-refractivity contribution in [2.24, 2.45) is 0 Å². The van der Waals surface area contributed by atoms with E-state index in [-0.39, 0.29) is 0 Å². The third-order valence-corrected chi connectivity index (χ3v) is 6.45. The van der Waals surface area contributed by atoms with Crippen molar-refractivity contribution in [1.82, 2.24) is 25.4 Å². The minimum absolute atomic E-state index is 0.327. The van der Waals surface area contributed by atoms with Crippen LogP contribution in [0, 0.1) is 0 Å². The second-order valence-corrected chi connectivity index (χ2v) is 8.10. The van der Waals surface area contributed by atoms with Crippen LogP contribution in [0.3, 0.4) is 0 Å². The van der Waals surface area contributed by atoms with Crippen molar-refractivity contribution in [2.75, 3.05) is 31.1 Å². The second-order valence-electron chi connectivity index (χ2n) is 8.10. The molecule has 8 heteroatoms. The van der Waals surface area contributed by atoms with Crippen LogP contribution in [-0.2, 0) is 16.6 Å². The number of nitrogens with one attached hydrogen (secondary N) is 1. The Morgan fingerprint density at radius 1 is 1.04 bits per heavy atom. The normalized spacial score (nSPS) is 25.6. The van der Waals surface area contributed by atoms with E-state index in [0.717, 1.165) is 82.4 Å². The molecule has 3 heterocycles. The first-order valence-electron chi connectivity index (χ1n) is 10.5. The molecule has 0 unspecified atom stereocenters. The predicted molar refractivity (Wildman–Crippen MR) is 103 cm³/mol. The summed E-state index contributed by atoms with van der Waals surface area (Å²) in [5, 5.41) is 7.79. The zero-order valence-electron chi connectivity index (χ0n) is 16.1. The molecule has 1 aliphatic heterocycles. The first-order chi connectivity index (χ1) is 13.8. The Bertz CT molecular complexity index is 873. The highest BCUT2D eigenvalue weighted by Gasteiger charge is 2.47. The van der Waals surface area contributed by atoms with Gasteiger partial charge < -0.3 is 14.7 Å². The molecule has 2 aromatic heterocycles. The summed E-state index contributed by atoms with van der Waals surface area (Å²) in [6, 6.07) is 0. The number of rotatable bonds is 2. The Balaban J connectivity index is 1.51. The van der Waals surface area contributed by atoms with E-state index in [1.807, 2.05) is 0 Å². The van der Waals surface area contributed by atoms with Crippen LogP contribution in [0.25, 0.3) is 11.6 Å². The molecule has 1 atom stereocenters. The molecule has 2 aromatic rings. The summed E-state index contributed by atoms with van der Waals surface area (Å²) in [6.07, 6.45) is 8.93. The summed E-state index contributed by atoms with van der Waals surface area (Å²) < 4.78 is 5.76. The van der Waals surface area contributed by atoms with Crippen molar-refractivity contribution in [3.63, 3.8) is 0 Å². The highest BCUT2D eigenvalue weighted by atomic mass is 16.5. The van der Waals surface area contributed by atoms with Gasteiger partial charge in [-0.15, -0.1) is 0 Å². The second kappa shape index (κ2) is 7.24. The molecular weight excluding hydrogens is 356 g/mol. The lowest BCUT2D eigenvalue weighted by atomic mass is 9.64. The van der Waals surface area contributed by atoms with E-state index < -0.39 is 5.41 Å². The third kappa shape index (κ3) is 2.90. The number of carbonyl (C=O) groups is 1. The smallest absolute Gasteiger partial charge is 0.229 e. The summed E-state index contributed by atoms with van der Waals surface area (Å²) in [7, 11) is 0. The Hall–Kier alpha value is -2.35. The highest BCUT2D eigenvalue weighted by molar-refractivity contribution is 5.91. The molecule has 2 fully saturated rings. The molecule has 0 amide bonds. The molecule has 3 aliphatic rings. The molecule has 1 N–H and O–H groups in total. The molecule has 5 rings (SSSR count). The van der Waals surface area contributed by atoms with Gasteiger partial charge in [0.05, 0.1) is 5.41 Å². The molecule has 148 valence electrons. The predicted octanol–water partition coefficient (Wildman–Crippen LogP) is 2.04. The van der Waals surface area contributed by atoms with Crippen molar-refractivity contribution < 1.29 is 9.32 Å². The van der Waals surface area contributed by atoms with Crippen LogP contribution in [0.4, 0.5) is 5.95 Å². The molecule has 1 saturated carbocycles. The molecule has 0 bridgehead atoms. The van der Waals surface area contributed by atoms with Crippen molar-refractivity contribution in [2.45, 2.75) is 56.8 Å². The van der Waals surface area contributed by atoms with Gasteiger partial charge in [0.15, 0.2) is 0 Å². The average molecular weight is 382 g/mol. The van der Waals surface area contributed by atoms with Crippen molar-refractivity contribution >= 4 is 11.7 Å². The maximum Gasteiger partial charge on any atom is 0.229 e. The Kier molecular flexibility index (Phi) is 4.58. The van der Waals surface area contributed by atoms with E-state index >= 15 is 0 Å². The monoisotopic (exact) mass is 382 g/mol. The van der Waals surface area contributed by atoms with Crippen molar-refractivity contribution in [1.29, 1.82) is 0 Å².